The third kappa shape index (κ3) is 3.73. The number of aryl methyl sites for hydroxylation is 2. The van der Waals surface area contributed by atoms with Crippen molar-refractivity contribution in [3.05, 3.63) is 11.5 Å². The Balaban J connectivity index is 1.79. The molecule has 2 heterocycles. The molecule has 1 aliphatic heterocycles. The lowest BCUT2D eigenvalue weighted by atomic mass is 10.1. The smallest absolute Gasteiger partial charge is 0.256 e. The van der Waals surface area contributed by atoms with Crippen molar-refractivity contribution in [3.8, 4) is 0 Å². The second kappa shape index (κ2) is 6.10. The Labute approximate surface area is 115 Å². The molecular formula is C12H17N3O3S. The number of oxazole rings is 1. The van der Waals surface area contributed by atoms with E-state index in [2.05, 4.69) is 15.6 Å². The summed E-state index contributed by atoms with van der Waals surface area (Å²) in [5.74, 6) is 0.672. The average molecular weight is 283 g/mol. The molecule has 1 aromatic heterocycles. The Morgan fingerprint density at radius 2 is 2.37 bits per heavy atom. The maximum Gasteiger partial charge on any atom is 0.256 e. The van der Waals surface area contributed by atoms with E-state index in [9.17, 15) is 9.59 Å². The highest BCUT2D eigenvalue weighted by atomic mass is 32.2. The van der Waals surface area contributed by atoms with Gasteiger partial charge in [-0.2, -0.15) is 0 Å². The third-order valence-corrected chi connectivity index (χ3v) is 3.78. The van der Waals surface area contributed by atoms with Gasteiger partial charge in [-0.1, -0.05) is 11.8 Å². The van der Waals surface area contributed by atoms with Crippen LogP contribution >= 0.6 is 11.8 Å². The summed E-state index contributed by atoms with van der Waals surface area (Å²) in [6.07, 6.45) is 1.58. The SMILES string of the molecule is Cc1nc(SCC(=O)N[C@@H]2CCCNC2=O)oc1C. The number of aromatic nitrogens is 1. The first-order valence-electron chi connectivity index (χ1n) is 6.20. The molecule has 2 N–H and O–H groups in total. The molecule has 0 spiro atoms. The molecule has 0 aliphatic carbocycles. The molecule has 2 rings (SSSR count). The Kier molecular flexibility index (Phi) is 4.47. The monoisotopic (exact) mass is 283 g/mol. The van der Waals surface area contributed by atoms with Gasteiger partial charge in [0.05, 0.1) is 11.4 Å². The summed E-state index contributed by atoms with van der Waals surface area (Å²) >= 11 is 1.23. The van der Waals surface area contributed by atoms with Crippen molar-refractivity contribution >= 4 is 23.6 Å². The third-order valence-electron chi connectivity index (χ3n) is 2.96. The van der Waals surface area contributed by atoms with Gasteiger partial charge in [-0.25, -0.2) is 4.98 Å². The predicted octanol–water partition coefficient (Wildman–Crippen LogP) is 0.778. The minimum Gasteiger partial charge on any atom is -0.437 e. The minimum atomic E-state index is -0.408. The van der Waals surface area contributed by atoms with E-state index in [4.69, 9.17) is 4.42 Å². The van der Waals surface area contributed by atoms with Gasteiger partial charge in [0, 0.05) is 6.54 Å². The van der Waals surface area contributed by atoms with E-state index in [1.807, 2.05) is 13.8 Å². The summed E-state index contributed by atoms with van der Waals surface area (Å²) < 4.78 is 5.37. The molecule has 104 valence electrons. The van der Waals surface area contributed by atoms with Gasteiger partial charge in [0.25, 0.3) is 5.22 Å². The van der Waals surface area contributed by atoms with E-state index < -0.39 is 6.04 Å². The lowest BCUT2D eigenvalue weighted by Gasteiger charge is -2.22. The number of amides is 2. The molecule has 19 heavy (non-hydrogen) atoms. The van der Waals surface area contributed by atoms with Crippen LogP contribution in [0.2, 0.25) is 0 Å². The summed E-state index contributed by atoms with van der Waals surface area (Å²) in [6, 6.07) is -0.408. The molecule has 7 heteroatoms. The summed E-state index contributed by atoms with van der Waals surface area (Å²) in [5, 5.41) is 5.93. The van der Waals surface area contributed by atoms with Crippen molar-refractivity contribution in [1.82, 2.24) is 15.6 Å². The number of carbonyl (C=O) groups excluding carboxylic acids is 2. The van der Waals surface area contributed by atoms with Crippen molar-refractivity contribution in [2.75, 3.05) is 12.3 Å². The Hall–Kier alpha value is -1.50. The molecular weight excluding hydrogens is 266 g/mol. The largest absolute Gasteiger partial charge is 0.437 e. The first-order chi connectivity index (χ1) is 9.06. The highest BCUT2D eigenvalue weighted by molar-refractivity contribution is 7.99. The Bertz CT molecular complexity index is 467. The number of nitrogens with zero attached hydrogens (tertiary/aromatic N) is 1. The van der Waals surface area contributed by atoms with E-state index in [0.29, 0.717) is 18.2 Å². The van der Waals surface area contributed by atoms with Gasteiger partial charge in [-0.3, -0.25) is 9.59 Å². The Morgan fingerprint density at radius 1 is 1.58 bits per heavy atom. The van der Waals surface area contributed by atoms with Crippen molar-refractivity contribution in [3.63, 3.8) is 0 Å². The molecule has 1 aromatic rings. The van der Waals surface area contributed by atoms with Crippen LogP contribution in [0.15, 0.2) is 9.64 Å². The van der Waals surface area contributed by atoms with Crippen molar-refractivity contribution in [2.45, 2.75) is 38.0 Å². The number of hydrogen-bond acceptors (Lipinski definition) is 5. The molecule has 6 nitrogen and oxygen atoms in total. The molecule has 0 unspecified atom stereocenters. The molecule has 2 amide bonds. The van der Waals surface area contributed by atoms with Crippen molar-refractivity contribution in [1.29, 1.82) is 0 Å². The maximum atomic E-state index is 11.7. The van der Waals surface area contributed by atoms with Crippen LogP contribution in [0.1, 0.15) is 24.3 Å². The molecule has 0 bridgehead atoms. The van der Waals surface area contributed by atoms with Gasteiger partial charge >= 0.3 is 0 Å². The van der Waals surface area contributed by atoms with Crippen LogP contribution < -0.4 is 10.6 Å². The zero-order chi connectivity index (χ0) is 13.8. The molecule has 0 aromatic carbocycles. The molecule has 0 radical (unpaired) electrons. The van der Waals surface area contributed by atoms with Gasteiger partial charge in [0.15, 0.2) is 0 Å². The van der Waals surface area contributed by atoms with E-state index in [-0.39, 0.29) is 17.6 Å². The van der Waals surface area contributed by atoms with Crippen LogP contribution in [0, 0.1) is 13.8 Å². The molecule has 1 saturated heterocycles. The van der Waals surface area contributed by atoms with Crippen LogP contribution in [0.25, 0.3) is 0 Å². The van der Waals surface area contributed by atoms with Crippen LogP contribution in [-0.2, 0) is 9.59 Å². The summed E-state index contributed by atoms with van der Waals surface area (Å²) in [6.45, 7) is 4.38. The standard InChI is InChI=1S/C12H17N3O3S/c1-7-8(2)18-12(14-7)19-6-10(16)15-9-4-3-5-13-11(9)17/h9H,3-6H2,1-2H3,(H,13,17)(H,15,16)/t9-/m1/s1. The van der Waals surface area contributed by atoms with E-state index in [1.54, 1.807) is 0 Å². The normalized spacial score (nSPS) is 19.1. The topological polar surface area (TPSA) is 84.2 Å². The summed E-state index contributed by atoms with van der Waals surface area (Å²) in [7, 11) is 0. The van der Waals surface area contributed by atoms with Crippen molar-refractivity contribution in [2.24, 2.45) is 0 Å². The number of hydrogen-bond donors (Lipinski definition) is 2. The average Bonchev–Trinajstić information content (AvgIpc) is 2.69. The molecule has 1 atom stereocenters. The van der Waals surface area contributed by atoms with Gasteiger partial charge in [-0.15, -0.1) is 0 Å². The van der Waals surface area contributed by atoms with Crippen molar-refractivity contribution < 1.29 is 14.0 Å². The fourth-order valence-corrected chi connectivity index (χ4v) is 2.50. The van der Waals surface area contributed by atoms with E-state index in [1.165, 1.54) is 11.8 Å². The van der Waals surface area contributed by atoms with Crippen LogP contribution in [0.5, 0.6) is 0 Å². The number of nitrogens with one attached hydrogen (secondary N) is 2. The zero-order valence-electron chi connectivity index (χ0n) is 11.0. The number of rotatable bonds is 4. The summed E-state index contributed by atoms with van der Waals surface area (Å²) in [5.41, 5.74) is 0.828. The van der Waals surface area contributed by atoms with Gasteiger partial charge in [-0.05, 0) is 26.7 Å². The van der Waals surface area contributed by atoms with Crippen LogP contribution in [-0.4, -0.2) is 35.1 Å². The summed E-state index contributed by atoms with van der Waals surface area (Å²) in [4.78, 5) is 27.4. The maximum absolute atomic E-state index is 11.7. The highest BCUT2D eigenvalue weighted by Crippen LogP contribution is 2.19. The molecule has 0 saturated carbocycles. The van der Waals surface area contributed by atoms with Gasteiger partial charge < -0.3 is 15.1 Å². The number of piperidine rings is 1. The second-order valence-corrected chi connectivity index (χ2v) is 5.39. The fourth-order valence-electron chi connectivity index (χ4n) is 1.78. The molecule has 1 fully saturated rings. The lowest BCUT2D eigenvalue weighted by Crippen LogP contribution is -2.50. The quantitative estimate of drug-likeness (QED) is 0.798. The lowest BCUT2D eigenvalue weighted by molar-refractivity contribution is -0.129. The van der Waals surface area contributed by atoms with Gasteiger partial charge in [0.2, 0.25) is 11.8 Å². The molecule has 1 aliphatic rings. The first-order valence-corrected chi connectivity index (χ1v) is 7.18. The predicted molar refractivity (Wildman–Crippen MR) is 70.9 cm³/mol. The Morgan fingerprint density at radius 3 is 3.00 bits per heavy atom. The fraction of sp³-hybridized carbons (Fsp3) is 0.583. The highest BCUT2D eigenvalue weighted by Gasteiger charge is 2.23. The number of thioether (sulfide) groups is 1. The zero-order valence-corrected chi connectivity index (χ0v) is 11.8. The van der Waals surface area contributed by atoms with Crippen LogP contribution in [0.3, 0.4) is 0 Å². The van der Waals surface area contributed by atoms with E-state index in [0.717, 1.165) is 17.9 Å². The minimum absolute atomic E-state index is 0.104. The van der Waals surface area contributed by atoms with Gasteiger partial charge in [0.1, 0.15) is 11.8 Å². The first kappa shape index (κ1) is 13.9. The van der Waals surface area contributed by atoms with E-state index >= 15 is 0 Å². The number of carbonyl (C=O) groups is 2. The second-order valence-electron chi connectivity index (χ2n) is 4.46. The van der Waals surface area contributed by atoms with Crippen LogP contribution in [0.4, 0.5) is 0 Å².